The summed E-state index contributed by atoms with van der Waals surface area (Å²) in [5.41, 5.74) is 0.177. The second-order valence-electron chi connectivity index (χ2n) is 10.7. The number of rotatable bonds is 7. The molecule has 1 aromatic rings. The fourth-order valence-corrected chi connectivity index (χ4v) is 5.22. The summed E-state index contributed by atoms with van der Waals surface area (Å²) in [5.74, 6) is 0.268. The normalized spacial score (nSPS) is 19.4. The Kier molecular flexibility index (Phi) is 9.75. The molecule has 0 aliphatic carbocycles. The monoisotopic (exact) mass is 553 g/mol. The number of nitrogens with one attached hydrogen (secondary N) is 1. The number of carbonyl (C=O) groups excluding carboxylic acids is 3. The van der Waals surface area contributed by atoms with E-state index in [0.29, 0.717) is 61.2 Å². The highest BCUT2D eigenvalue weighted by Gasteiger charge is 2.38. The highest BCUT2D eigenvalue weighted by atomic mass is 35.5. The maximum absolute atomic E-state index is 13.2. The van der Waals surface area contributed by atoms with Gasteiger partial charge in [-0.25, -0.2) is 4.79 Å². The van der Waals surface area contributed by atoms with Gasteiger partial charge in [0, 0.05) is 44.7 Å². The lowest BCUT2D eigenvalue weighted by molar-refractivity contribution is -0.137. The lowest BCUT2D eigenvalue weighted by Crippen LogP contribution is -2.45. The molecule has 2 aliphatic heterocycles. The molecule has 3 amide bonds. The molecule has 2 saturated heterocycles. The van der Waals surface area contributed by atoms with Gasteiger partial charge in [0.2, 0.25) is 11.8 Å². The predicted molar refractivity (Wildman–Crippen MR) is 144 cm³/mol. The lowest BCUT2D eigenvalue weighted by Gasteiger charge is -2.38. The van der Waals surface area contributed by atoms with Crippen LogP contribution >= 0.6 is 23.2 Å². The van der Waals surface area contributed by atoms with E-state index in [4.69, 9.17) is 32.7 Å². The van der Waals surface area contributed by atoms with Crippen molar-refractivity contribution in [2.24, 2.45) is 11.8 Å². The minimum atomic E-state index is -0.573. The van der Waals surface area contributed by atoms with Gasteiger partial charge in [-0.05, 0) is 52.0 Å². The summed E-state index contributed by atoms with van der Waals surface area (Å²) in [5, 5.41) is 3.80. The Hall–Kier alpha value is -2.45. The van der Waals surface area contributed by atoms with Crippen LogP contribution in [-0.4, -0.2) is 66.1 Å². The Morgan fingerprint density at radius 1 is 1.11 bits per heavy atom. The van der Waals surface area contributed by atoms with E-state index in [9.17, 15) is 14.4 Å². The zero-order valence-corrected chi connectivity index (χ0v) is 23.5. The molecule has 2 aliphatic rings. The van der Waals surface area contributed by atoms with Crippen LogP contribution in [0.1, 0.15) is 58.6 Å². The van der Waals surface area contributed by atoms with Gasteiger partial charge in [-0.1, -0.05) is 35.9 Å². The molecule has 2 heterocycles. The standard InChI is InChI=1S/C27H37Cl2N3O5/c1-6-13-36-23-15-22(29)21(28)14-20(23)24(30-17(2)33)18-7-10-31(11-8-18)25(34)19-9-12-32(16-19)26(35)37-27(3,4)5/h6,14-15,18-19,24H,1,7-13,16H2,2-5H3,(H,30,33). The number of hydrogen-bond donors (Lipinski definition) is 1. The van der Waals surface area contributed by atoms with Crippen molar-refractivity contribution in [2.75, 3.05) is 32.8 Å². The van der Waals surface area contributed by atoms with E-state index in [1.807, 2.05) is 25.7 Å². The number of nitrogens with zero attached hydrogens (tertiary/aromatic N) is 2. The number of halogens is 2. The molecular formula is C27H37Cl2N3O5. The van der Waals surface area contributed by atoms with Gasteiger partial charge in [0.1, 0.15) is 18.0 Å². The summed E-state index contributed by atoms with van der Waals surface area (Å²) >= 11 is 12.6. The van der Waals surface area contributed by atoms with E-state index >= 15 is 0 Å². The minimum Gasteiger partial charge on any atom is -0.489 e. The molecule has 0 bridgehead atoms. The van der Waals surface area contributed by atoms with Gasteiger partial charge in [-0.3, -0.25) is 9.59 Å². The number of benzene rings is 1. The van der Waals surface area contributed by atoms with Crippen molar-refractivity contribution in [2.45, 2.75) is 58.6 Å². The molecule has 3 rings (SSSR count). The largest absolute Gasteiger partial charge is 0.489 e. The zero-order valence-electron chi connectivity index (χ0n) is 22.0. The van der Waals surface area contributed by atoms with Crippen LogP contribution in [0.4, 0.5) is 4.79 Å². The molecule has 1 N–H and O–H groups in total. The molecule has 0 spiro atoms. The van der Waals surface area contributed by atoms with Crippen LogP contribution in [0.25, 0.3) is 0 Å². The van der Waals surface area contributed by atoms with Gasteiger partial charge in [-0.15, -0.1) is 0 Å². The van der Waals surface area contributed by atoms with Crippen LogP contribution in [0, 0.1) is 11.8 Å². The van der Waals surface area contributed by atoms with Crippen molar-refractivity contribution in [3.8, 4) is 5.75 Å². The molecular weight excluding hydrogens is 517 g/mol. The number of piperidine rings is 1. The third-order valence-corrected chi connectivity index (χ3v) is 7.34. The molecule has 10 heteroatoms. The Balaban J connectivity index is 1.67. The van der Waals surface area contributed by atoms with Crippen molar-refractivity contribution in [1.29, 1.82) is 0 Å². The fourth-order valence-electron chi connectivity index (χ4n) is 4.89. The molecule has 204 valence electrons. The van der Waals surface area contributed by atoms with Gasteiger partial charge < -0.3 is 24.6 Å². The molecule has 37 heavy (non-hydrogen) atoms. The molecule has 1 aromatic carbocycles. The van der Waals surface area contributed by atoms with Gasteiger partial charge in [0.15, 0.2) is 0 Å². The van der Waals surface area contributed by atoms with Gasteiger partial charge in [0.05, 0.1) is 22.0 Å². The zero-order chi connectivity index (χ0) is 27.3. The first kappa shape index (κ1) is 29.1. The van der Waals surface area contributed by atoms with Crippen molar-refractivity contribution in [3.05, 3.63) is 40.4 Å². The van der Waals surface area contributed by atoms with E-state index in [1.54, 1.807) is 23.1 Å². The Labute approximate surface area is 229 Å². The van der Waals surface area contributed by atoms with E-state index in [2.05, 4.69) is 11.9 Å². The Morgan fingerprint density at radius 3 is 2.32 bits per heavy atom. The van der Waals surface area contributed by atoms with Crippen LogP contribution < -0.4 is 10.1 Å². The molecule has 0 aromatic heterocycles. The highest BCUT2D eigenvalue weighted by Crippen LogP contribution is 2.40. The second-order valence-corrected chi connectivity index (χ2v) is 11.5. The first-order chi connectivity index (χ1) is 17.4. The molecule has 0 saturated carbocycles. The maximum Gasteiger partial charge on any atom is 0.410 e. The first-order valence-electron chi connectivity index (χ1n) is 12.7. The maximum atomic E-state index is 13.2. The Morgan fingerprint density at radius 2 is 1.73 bits per heavy atom. The molecule has 2 atom stereocenters. The van der Waals surface area contributed by atoms with Crippen molar-refractivity contribution in [1.82, 2.24) is 15.1 Å². The van der Waals surface area contributed by atoms with E-state index in [0.717, 1.165) is 5.56 Å². The van der Waals surface area contributed by atoms with Crippen LogP contribution in [0.5, 0.6) is 5.75 Å². The van der Waals surface area contributed by atoms with Gasteiger partial charge >= 0.3 is 6.09 Å². The third kappa shape index (κ3) is 7.77. The molecule has 0 radical (unpaired) electrons. The van der Waals surface area contributed by atoms with E-state index < -0.39 is 5.60 Å². The molecule has 8 nitrogen and oxygen atoms in total. The number of hydrogen-bond acceptors (Lipinski definition) is 5. The van der Waals surface area contributed by atoms with Crippen LogP contribution in [0.2, 0.25) is 10.0 Å². The fraction of sp³-hybridized carbons (Fsp3) is 0.593. The minimum absolute atomic E-state index is 0.0603. The second kappa shape index (κ2) is 12.4. The summed E-state index contributed by atoms with van der Waals surface area (Å²) in [6, 6.07) is 3.05. The van der Waals surface area contributed by atoms with Crippen LogP contribution in [0.3, 0.4) is 0 Å². The highest BCUT2D eigenvalue weighted by molar-refractivity contribution is 6.42. The SMILES string of the molecule is C=CCOc1cc(Cl)c(Cl)cc1C(NC(C)=O)C1CCN(C(=O)C2CCN(C(=O)OC(C)(C)C)C2)CC1. The number of ether oxygens (including phenoxy) is 2. The van der Waals surface area contributed by atoms with Gasteiger partial charge in [-0.2, -0.15) is 0 Å². The third-order valence-electron chi connectivity index (χ3n) is 6.62. The van der Waals surface area contributed by atoms with E-state index in [-0.39, 0.29) is 42.4 Å². The number of amides is 3. The molecule has 2 fully saturated rings. The van der Waals surface area contributed by atoms with Crippen LogP contribution in [-0.2, 0) is 14.3 Å². The van der Waals surface area contributed by atoms with Crippen molar-refractivity contribution in [3.63, 3.8) is 0 Å². The summed E-state index contributed by atoms with van der Waals surface area (Å²) in [6.07, 6.45) is 3.27. The van der Waals surface area contributed by atoms with Crippen molar-refractivity contribution >= 4 is 41.1 Å². The Bertz CT molecular complexity index is 1020. The summed E-state index contributed by atoms with van der Waals surface area (Å²) < 4.78 is 11.3. The topological polar surface area (TPSA) is 88.2 Å². The number of carbonyl (C=O) groups is 3. The average molecular weight is 555 g/mol. The smallest absolute Gasteiger partial charge is 0.410 e. The van der Waals surface area contributed by atoms with Crippen molar-refractivity contribution < 1.29 is 23.9 Å². The number of likely N-dealkylation sites (tertiary alicyclic amines) is 2. The first-order valence-corrected chi connectivity index (χ1v) is 13.4. The quantitative estimate of drug-likeness (QED) is 0.467. The van der Waals surface area contributed by atoms with Crippen LogP contribution in [0.15, 0.2) is 24.8 Å². The lowest BCUT2D eigenvalue weighted by atomic mass is 9.84. The average Bonchev–Trinajstić information content (AvgIpc) is 3.32. The summed E-state index contributed by atoms with van der Waals surface area (Å²) in [6.45, 7) is 12.9. The predicted octanol–water partition coefficient (Wildman–Crippen LogP) is 5.23. The van der Waals surface area contributed by atoms with Gasteiger partial charge in [0.25, 0.3) is 0 Å². The summed E-state index contributed by atoms with van der Waals surface area (Å²) in [4.78, 5) is 41.3. The molecule has 2 unspecified atom stereocenters. The van der Waals surface area contributed by atoms with E-state index in [1.165, 1.54) is 6.92 Å². The summed E-state index contributed by atoms with van der Waals surface area (Å²) in [7, 11) is 0.